The highest BCUT2D eigenvalue weighted by atomic mass is 16.2. The van der Waals surface area contributed by atoms with Crippen molar-refractivity contribution in [3.8, 4) is 6.07 Å². The number of Topliss-reactive ketones (excluding diaryl/α,β-unsaturated/α-hetero) is 1. The second-order valence-corrected chi connectivity index (χ2v) is 5.69. The van der Waals surface area contributed by atoms with Crippen LogP contribution in [0.3, 0.4) is 0 Å². The molecule has 0 spiro atoms. The van der Waals surface area contributed by atoms with Crippen molar-refractivity contribution in [2.24, 2.45) is 0 Å². The molecule has 0 aliphatic rings. The number of amides is 1. The van der Waals surface area contributed by atoms with Crippen molar-refractivity contribution in [3.05, 3.63) is 77.7 Å². The predicted molar refractivity (Wildman–Crippen MR) is 101 cm³/mol. The third-order valence-corrected chi connectivity index (χ3v) is 3.71. The molecule has 2 N–H and O–H groups in total. The Bertz CT molecular complexity index is 1040. The lowest BCUT2D eigenvalue weighted by Crippen LogP contribution is -2.14. The smallest absolute Gasteiger partial charge is 0.274 e. The molecule has 27 heavy (non-hydrogen) atoms. The van der Waals surface area contributed by atoms with Gasteiger partial charge in [0.1, 0.15) is 17.8 Å². The molecule has 0 aliphatic heterocycles. The zero-order chi connectivity index (χ0) is 19.2. The van der Waals surface area contributed by atoms with Gasteiger partial charge in [0.15, 0.2) is 5.78 Å². The average Bonchev–Trinajstić information content (AvgIpc) is 2.68. The standard InChI is InChI=1S/C20H15N5O2/c1-13(26)15-5-7-16(8-6-15)24-19-10-18(22-12-23-19)20(27)25-17-4-2-3-14(9-17)11-21/h2-10,12H,1H3,(H,25,27)(H,22,23,24). The molecule has 3 rings (SSSR count). The van der Waals surface area contributed by atoms with E-state index >= 15 is 0 Å². The molecule has 132 valence electrons. The lowest BCUT2D eigenvalue weighted by molar-refractivity contribution is 0.101. The second kappa shape index (κ2) is 7.89. The molecule has 0 saturated heterocycles. The summed E-state index contributed by atoms with van der Waals surface area (Å²) in [5, 5.41) is 14.7. The number of benzene rings is 2. The Morgan fingerprint density at radius 2 is 1.78 bits per heavy atom. The molecule has 0 radical (unpaired) electrons. The number of hydrogen-bond donors (Lipinski definition) is 2. The van der Waals surface area contributed by atoms with Gasteiger partial charge in [0, 0.05) is 23.0 Å². The van der Waals surface area contributed by atoms with Gasteiger partial charge in [0.2, 0.25) is 0 Å². The number of nitrogens with zero attached hydrogens (tertiary/aromatic N) is 3. The Morgan fingerprint density at radius 3 is 2.48 bits per heavy atom. The molecule has 1 heterocycles. The normalized spacial score (nSPS) is 9.93. The van der Waals surface area contributed by atoms with E-state index in [0.29, 0.717) is 22.6 Å². The molecule has 0 saturated carbocycles. The summed E-state index contributed by atoms with van der Waals surface area (Å²) in [5.41, 5.74) is 2.48. The molecule has 3 aromatic rings. The van der Waals surface area contributed by atoms with E-state index in [1.807, 2.05) is 6.07 Å². The predicted octanol–water partition coefficient (Wildman–Crippen LogP) is 3.55. The van der Waals surface area contributed by atoms with E-state index in [-0.39, 0.29) is 11.5 Å². The Balaban J connectivity index is 1.73. The monoisotopic (exact) mass is 357 g/mol. The van der Waals surface area contributed by atoms with Gasteiger partial charge in [-0.3, -0.25) is 9.59 Å². The summed E-state index contributed by atoms with van der Waals surface area (Å²) < 4.78 is 0. The molecule has 1 amide bonds. The molecule has 0 aliphatic carbocycles. The fourth-order valence-corrected chi connectivity index (χ4v) is 2.35. The fraction of sp³-hybridized carbons (Fsp3) is 0.0500. The maximum Gasteiger partial charge on any atom is 0.274 e. The van der Waals surface area contributed by atoms with Gasteiger partial charge in [-0.15, -0.1) is 0 Å². The van der Waals surface area contributed by atoms with Crippen LogP contribution in [0.1, 0.15) is 33.3 Å². The van der Waals surface area contributed by atoms with Crippen molar-refractivity contribution in [3.63, 3.8) is 0 Å². The summed E-state index contributed by atoms with van der Waals surface area (Å²) in [5.74, 6) is 0.0157. The van der Waals surface area contributed by atoms with Crippen LogP contribution in [0.4, 0.5) is 17.2 Å². The highest BCUT2D eigenvalue weighted by Gasteiger charge is 2.10. The van der Waals surface area contributed by atoms with Crippen LogP contribution < -0.4 is 10.6 Å². The molecule has 0 unspecified atom stereocenters. The number of carbonyl (C=O) groups is 2. The van der Waals surface area contributed by atoms with Gasteiger partial charge in [0.05, 0.1) is 11.6 Å². The summed E-state index contributed by atoms with van der Waals surface area (Å²) in [6, 6.07) is 17.1. The summed E-state index contributed by atoms with van der Waals surface area (Å²) in [6.45, 7) is 1.50. The average molecular weight is 357 g/mol. The lowest BCUT2D eigenvalue weighted by Gasteiger charge is -2.08. The molecular formula is C20H15N5O2. The summed E-state index contributed by atoms with van der Waals surface area (Å²) in [6.07, 6.45) is 1.28. The Labute approximate surface area is 155 Å². The van der Waals surface area contributed by atoms with Gasteiger partial charge >= 0.3 is 0 Å². The first-order valence-electron chi connectivity index (χ1n) is 8.07. The molecule has 0 bridgehead atoms. The van der Waals surface area contributed by atoms with Crippen molar-refractivity contribution in [2.45, 2.75) is 6.92 Å². The van der Waals surface area contributed by atoms with E-state index in [1.165, 1.54) is 19.3 Å². The van der Waals surface area contributed by atoms with Gasteiger partial charge in [0.25, 0.3) is 5.91 Å². The number of hydrogen-bond acceptors (Lipinski definition) is 6. The Kier molecular flexibility index (Phi) is 5.19. The van der Waals surface area contributed by atoms with Crippen LogP contribution in [-0.2, 0) is 0 Å². The third kappa shape index (κ3) is 4.52. The summed E-state index contributed by atoms with van der Waals surface area (Å²) >= 11 is 0. The minimum atomic E-state index is -0.414. The number of nitrogens with one attached hydrogen (secondary N) is 2. The van der Waals surface area contributed by atoms with Crippen LogP contribution in [0.15, 0.2) is 60.9 Å². The fourth-order valence-electron chi connectivity index (χ4n) is 2.35. The topological polar surface area (TPSA) is 108 Å². The number of aromatic nitrogens is 2. The van der Waals surface area contributed by atoms with Crippen molar-refractivity contribution in [1.82, 2.24) is 9.97 Å². The van der Waals surface area contributed by atoms with Gasteiger partial charge in [-0.25, -0.2) is 9.97 Å². The van der Waals surface area contributed by atoms with E-state index in [0.717, 1.165) is 5.69 Å². The first-order valence-corrected chi connectivity index (χ1v) is 8.07. The molecule has 0 fully saturated rings. The largest absolute Gasteiger partial charge is 0.340 e. The zero-order valence-corrected chi connectivity index (χ0v) is 14.4. The van der Waals surface area contributed by atoms with E-state index in [2.05, 4.69) is 20.6 Å². The van der Waals surface area contributed by atoms with Crippen LogP contribution in [0.2, 0.25) is 0 Å². The number of ketones is 1. The van der Waals surface area contributed by atoms with E-state index in [1.54, 1.807) is 48.5 Å². The minimum Gasteiger partial charge on any atom is -0.340 e. The SMILES string of the molecule is CC(=O)c1ccc(Nc2cc(C(=O)Nc3cccc(C#N)c3)ncn2)cc1. The number of rotatable bonds is 5. The summed E-state index contributed by atoms with van der Waals surface area (Å²) in [7, 11) is 0. The first-order chi connectivity index (χ1) is 13.0. The van der Waals surface area contributed by atoms with Crippen molar-refractivity contribution in [1.29, 1.82) is 5.26 Å². The molecule has 1 aromatic heterocycles. The van der Waals surface area contributed by atoms with Crippen molar-refractivity contribution < 1.29 is 9.59 Å². The summed E-state index contributed by atoms with van der Waals surface area (Å²) in [4.78, 5) is 31.8. The zero-order valence-electron chi connectivity index (χ0n) is 14.4. The Hall–Kier alpha value is -4.05. The molecule has 2 aromatic carbocycles. The van der Waals surface area contributed by atoms with Crippen LogP contribution in [-0.4, -0.2) is 21.7 Å². The van der Waals surface area contributed by atoms with Crippen LogP contribution in [0, 0.1) is 11.3 Å². The van der Waals surface area contributed by atoms with Gasteiger partial charge in [-0.2, -0.15) is 5.26 Å². The number of nitriles is 1. The Morgan fingerprint density at radius 1 is 1.00 bits per heavy atom. The van der Waals surface area contributed by atoms with Gasteiger partial charge in [-0.1, -0.05) is 6.07 Å². The van der Waals surface area contributed by atoms with E-state index < -0.39 is 5.91 Å². The van der Waals surface area contributed by atoms with E-state index in [4.69, 9.17) is 5.26 Å². The van der Waals surface area contributed by atoms with Crippen LogP contribution in [0.25, 0.3) is 0 Å². The van der Waals surface area contributed by atoms with Gasteiger partial charge < -0.3 is 10.6 Å². The lowest BCUT2D eigenvalue weighted by atomic mass is 10.1. The molecule has 7 nitrogen and oxygen atoms in total. The van der Waals surface area contributed by atoms with Gasteiger partial charge in [-0.05, 0) is 49.4 Å². The highest BCUT2D eigenvalue weighted by Crippen LogP contribution is 2.17. The quantitative estimate of drug-likeness (QED) is 0.676. The number of anilines is 3. The maximum atomic E-state index is 12.4. The number of carbonyl (C=O) groups excluding carboxylic acids is 2. The van der Waals surface area contributed by atoms with Crippen molar-refractivity contribution >= 4 is 28.9 Å². The van der Waals surface area contributed by atoms with Crippen LogP contribution >= 0.6 is 0 Å². The molecule has 7 heteroatoms. The third-order valence-electron chi connectivity index (χ3n) is 3.71. The van der Waals surface area contributed by atoms with Crippen LogP contribution in [0.5, 0.6) is 0 Å². The molecular weight excluding hydrogens is 342 g/mol. The van der Waals surface area contributed by atoms with Crippen molar-refractivity contribution in [2.75, 3.05) is 10.6 Å². The first kappa shape index (κ1) is 17.8. The second-order valence-electron chi connectivity index (χ2n) is 5.69. The minimum absolute atomic E-state index is 0.0111. The van der Waals surface area contributed by atoms with E-state index in [9.17, 15) is 9.59 Å². The highest BCUT2D eigenvalue weighted by molar-refractivity contribution is 6.03. The molecule has 0 atom stereocenters. The maximum absolute atomic E-state index is 12.4.